The van der Waals surface area contributed by atoms with Crippen molar-refractivity contribution >= 4 is 11.8 Å². The summed E-state index contributed by atoms with van der Waals surface area (Å²) in [5, 5.41) is 0. The van der Waals surface area contributed by atoms with Gasteiger partial charge in [-0.05, 0) is 20.8 Å². The summed E-state index contributed by atoms with van der Waals surface area (Å²) in [6, 6.07) is 0. The first-order chi connectivity index (χ1) is 7.44. The van der Waals surface area contributed by atoms with Crippen molar-refractivity contribution in [1.29, 1.82) is 0 Å². The molecule has 0 bridgehead atoms. The van der Waals surface area contributed by atoms with Crippen molar-refractivity contribution in [3.63, 3.8) is 0 Å². The molecule has 90 valence electrons. The van der Waals surface area contributed by atoms with Gasteiger partial charge in [-0.25, -0.2) is 4.79 Å². The quantitative estimate of drug-likeness (QED) is 0.406. The van der Waals surface area contributed by atoms with Gasteiger partial charge in [0.1, 0.15) is 19.0 Å². The van der Waals surface area contributed by atoms with Gasteiger partial charge in [-0.2, -0.15) is 0 Å². The van der Waals surface area contributed by atoms with E-state index in [1.165, 1.54) is 0 Å². The summed E-state index contributed by atoms with van der Waals surface area (Å²) in [5.74, 6) is -1.24. The normalized spacial score (nSPS) is 21.3. The van der Waals surface area contributed by atoms with Crippen LogP contribution in [0.5, 0.6) is 0 Å². The van der Waals surface area contributed by atoms with E-state index < -0.39 is 11.8 Å². The van der Waals surface area contributed by atoms with Crippen molar-refractivity contribution in [3.05, 3.63) is 11.8 Å². The van der Waals surface area contributed by atoms with Gasteiger partial charge in [0.05, 0.1) is 12.2 Å². The number of carbonyl (C=O) groups excluding carboxylic acids is 2. The Hall–Kier alpha value is -1.36. The molecule has 0 aliphatic carbocycles. The summed E-state index contributed by atoms with van der Waals surface area (Å²) >= 11 is 0. The molecule has 5 heteroatoms. The molecule has 1 fully saturated rings. The van der Waals surface area contributed by atoms with Crippen molar-refractivity contribution in [2.75, 3.05) is 19.8 Å². The highest BCUT2D eigenvalue weighted by Gasteiger charge is 2.26. The largest absolute Gasteiger partial charge is 0.492 e. The molecule has 0 saturated carbocycles. The average Bonchev–Trinajstić information content (AvgIpc) is 2.21. The number of hydrogen-bond acceptors (Lipinski definition) is 5. The summed E-state index contributed by atoms with van der Waals surface area (Å²) < 4.78 is 15.3. The Labute approximate surface area is 94.4 Å². The maximum atomic E-state index is 11.3. The molecule has 0 spiro atoms. The lowest BCUT2D eigenvalue weighted by Crippen LogP contribution is -2.36. The molecule has 1 aliphatic rings. The third-order valence-corrected chi connectivity index (χ3v) is 1.98. The van der Waals surface area contributed by atoms with Crippen molar-refractivity contribution in [3.8, 4) is 0 Å². The predicted octanol–water partition coefficient (Wildman–Crippen LogP) is 0.828. The lowest BCUT2D eigenvalue weighted by atomic mass is 10.1. The van der Waals surface area contributed by atoms with Crippen LogP contribution >= 0.6 is 0 Å². The van der Waals surface area contributed by atoms with Crippen LogP contribution in [0.4, 0.5) is 0 Å². The van der Waals surface area contributed by atoms with Gasteiger partial charge < -0.3 is 14.2 Å². The van der Waals surface area contributed by atoms with Crippen molar-refractivity contribution in [2.45, 2.75) is 26.4 Å². The zero-order valence-corrected chi connectivity index (χ0v) is 9.74. The summed E-state index contributed by atoms with van der Waals surface area (Å²) in [4.78, 5) is 22.3. The van der Waals surface area contributed by atoms with Crippen LogP contribution in [0.15, 0.2) is 11.8 Å². The van der Waals surface area contributed by atoms with E-state index >= 15 is 0 Å². The second-order valence-electron chi connectivity index (χ2n) is 4.03. The summed E-state index contributed by atoms with van der Waals surface area (Å²) in [7, 11) is 0. The minimum atomic E-state index is -0.872. The fourth-order valence-electron chi connectivity index (χ4n) is 1.11. The monoisotopic (exact) mass is 228 g/mol. The number of ketones is 1. The number of ether oxygens (including phenoxy) is 3. The first-order valence-corrected chi connectivity index (χ1v) is 5.13. The van der Waals surface area contributed by atoms with E-state index in [9.17, 15) is 9.59 Å². The van der Waals surface area contributed by atoms with Crippen LogP contribution in [0.2, 0.25) is 0 Å². The Morgan fingerprint density at radius 3 is 2.69 bits per heavy atom. The summed E-state index contributed by atoms with van der Waals surface area (Å²) in [6.45, 7) is 6.14. The molecular formula is C11H16O5. The molecule has 1 heterocycles. The van der Waals surface area contributed by atoms with E-state index in [1.807, 2.05) is 13.8 Å². The molecule has 0 N–H and O–H groups in total. The predicted molar refractivity (Wildman–Crippen MR) is 55.7 cm³/mol. The minimum Gasteiger partial charge on any atom is -0.492 e. The molecule has 0 aromatic heterocycles. The number of hydrogen-bond donors (Lipinski definition) is 0. The smallest absolute Gasteiger partial charge is 0.379 e. The Bertz CT molecular complexity index is 304. The molecule has 16 heavy (non-hydrogen) atoms. The van der Waals surface area contributed by atoms with E-state index in [1.54, 1.807) is 6.92 Å². The van der Waals surface area contributed by atoms with Gasteiger partial charge in [-0.3, -0.25) is 4.79 Å². The molecule has 0 atom stereocenters. The van der Waals surface area contributed by atoms with E-state index in [0.717, 1.165) is 6.08 Å². The first kappa shape index (κ1) is 12.7. The van der Waals surface area contributed by atoms with Gasteiger partial charge >= 0.3 is 5.97 Å². The van der Waals surface area contributed by atoms with Gasteiger partial charge in [0.2, 0.25) is 0 Å². The molecule has 1 aliphatic heterocycles. The van der Waals surface area contributed by atoms with Gasteiger partial charge in [0.15, 0.2) is 0 Å². The van der Waals surface area contributed by atoms with Crippen LogP contribution in [0.25, 0.3) is 0 Å². The molecule has 0 unspecified atom stereocenters. The lowest BCUT2D eigenvalue weighted by Gasteiger charge is -2.31. The molecule has 1 rings (SSSR count). The maximum absolute atomic E-state index is 11.3. The first-order valence-electron chi connectivity index (χ1n) is 5.13. The number of esters is 1. The highest BCUT2D eigenvalue weighted by atomic mass is 16.6. The maximum Gasteiger partial charge on any atom is 0.379 e. The Morgan fingerprint density at radius 1 is 1.50 bits per heavy atom. The second-order valence-corrected chi connectivity index (χ2v) is 4.03. The fourth-order valence-corrected chi connectivity index (χ4v) is 1.11. The van der Waals surface area contributed by atoms with Crippen molar-refractivity contribution < 1.29 is 23.8 Å². The third kappa shape index (κ3) is 3.66. The van der Waals surface area contributed by atoms with Gasteiger partial charge in [0.25, 0.3) is 5.78 Å². The van der Waals surface area contributed by atoms with Gasteiger partial charge in [0, 0.05) is 6.08 Å². The zero-order chi connectivity index (χ0) is 12.2. The molecule has 0 aromatic carbocycles. The second kappa shape index (κ2) is 5.12. The molecule has 5 nitrogen and oxygen atoms in total. The molecule has 1 saturated heterocycles. The van der Waals surface area contributed by atoms with Gasteiger partial charge in [-0.1, -0.05) is 0 Å². The van der Waals surface area contributed by atoms with Crippen LogP contribution in [0, 0.1) is 0 Å². The topological polar surface area (TPSA) is 61.8 Å². The molecular weight excluding hydrogens is 212 g/mol. The molecule has 0 radical (unpaired) electrons. The molecule has 0 aromatic rings. The van der Waals surface area contributed by atoms with E-state index in [4.69, 9.17) is 9.47 Å². The van der Waals surface area contributed by atoms with Crippen LogP contribution in [-0.2, 0) is 23.8 Å². The van der Waals surface area contributed by atoms with E-state index in [0.29, 0.717) is 12.4 Å². The van der Waals surface area contributed by atoms with Crippen molar-refractivity contribution in [2.24, 2.45) is 0 Å². The summed E-state index contributed by atoms with van der Waals surface area (Å²) in [5.41, 5.74) is -0.357. The third-order valence-electron chi connectivity index (χ3n) is 1.98. The van der Waals surface area contributed by atoms with E-state index in [2.05, 4.69) is 4.74 Å². The van der Waals surface area contributed by atoms with Crippen LogP contribution in [0.1, 0.15) is 20.8 Å². The molecule has 0 amide bonds. The van der Waals surface area contributed by atoms with Crippen LogP contribution in [-0.4, -0.2) is 37.2 Å². The lowest BCUT2D eigenvalue weighted by molar-refractivity contribution is -0.151. The fraction of sp³-hybridized carbons (Fsp3) is 0.636. The highest BCUT2D eigenvalue weighted by molar-refractivity contribution is 6.38. The number of rotatable bonds is 3. The van der Waals surface area contributed by atoms with E-state index in [-0.39, 0.29) is 18.8 Å². The average molecular weight is 228 g/mol. The van der Waals surface area contributed by atoms with Crippen molar-refractivity contribution in [1.82, 2.24) is 0 Å². The SMILES string of the molecule is CCOC(=O)C(=O)C=C1COC(C)(C)CO1. The highest BCUT2D eigenvalue weighted by Crippen LogP contribution is 2.19. The Balaban J connectivity index is 2.53. The number of carbonyl (C=O) groups is 2. The summed E-state index contributed by atoms with van der Waals surface area (Å²) in [6.07, 6.45) is 1.12. The standard InChI is InChI=1S/C11H16O5/c1-4-14-10(13)9(12)5-8-6-16-11(2,3)7-15-8/h5H,4,6-7H2,1-3H3. The minimum absolute atomic E-state index is 0.179. The zero-order valence-electron chi connectivity index (χ0n) is 9.74. The van der Waals surface area contributed by atoms with Crippen LogP contribution in [0.3, 0.4) is 0 Å². The van der Waals surface area contributed by atoms with Gasteiger partial charge in [-0.15, -0.1) is 0 Å². The van der Waals surface area contributed by atoms with Crippen LogP contribution < -0.4 is 0 Å². The Morgan fingerprint density at radius 2 is 2.19 bits per heavy atom. The Kier molecular flexibility index (Phi) is 4.06.